The maximum Gasteiger partial charge on any atom is 0.252 e. The molecule has 1 aromatic heterocycles. The zero-order valence-corrected chi connectivity index (χ0v) is 37.0. The molecule has 0 aliphatic carbocycles. The van der Waals surface area contributed by atoms with Gasteiger partial charge in [0.25, 0.3) is 6.71 Å². The fourth-order valence-corrected chi connectivity index (χ4v) is 10.5. The van der Waals surface area contributed by atoms with Crippen LogP contribution in [-0.4, -0.2) is 6.71 Å². The van der Waals surface area contributed by atoms with Crippen molar-refractivity contribution in [2.75, 3.05) is 9.80 Å². The van der Waals surface area contributed by atoms with E-state index in [2.05, 4.69) is 219 Å². The molecule has 292 valence electrons. The number of rotatable bonds is 3. The summed E-state index contributed by atoms with van der Waals surface area (Å²) in [7, 11) is 0. The number of aryl methyl sites for hydroxylation is 1. The van der Waals surface area contributed by atoms with Crippen LogP contribution in [0, 0.1) is 6.92 Å². The summed E-state index contributed by atoms with van der Waals surface area (Å²) in [6.07, 6.45) is 0. The van der Waals surface area contributed by atoms with Gasteiger partial charge in [0.05, 0.1) is 0 Å². The maximum atomic E-state index is 2.56. The molecule has 0 fully saturated rings. The Morgan fingerprint density at radius 2 is 0.966 bits per heavy atom. The molecule has 8 aromatic rings. The van der Waals surface area contributed by atoms with E-state index in [0.29, 0.717) is 0 Å². The van der Waals surface area contributed by atoms with E-state index in [1.54, 1.807) is 0 Å². The molecule has 0 N–H and O–H groups in total. The van der Waals surface area contributed by atoms with E-state index >= 15 is 0 Å². The normalized spacial score (nSPS) is 13.8. The quantitative estimate of drug-likeness (QED) is 0.165. The second-order valence-electron chi connectivity index (χ2n) is 20.0. The van der Waals surface area contributed by atoms with Crippen LogP contribution >= 0.6 is 11.3 Å². The monoisotopic (exact) mass is 784 g/mol. The van der Waals surface area contributed by atoms with Gasteiger partial charge in [-0.05, 0) is 140 Å². The lowest BCUT2D eigenvalue weighted by Crippen LogP contribution is -2.61. The van der Waals surface area contributed by atoms with Crippen LogP contribution in [0.15, 0.2) is 140 Å². The lowest BCUT2D eigenvalue weighted by Gasteiger charge is -2.45. The van der Waals surface area contributed by atoms with Gasteiger partial charge in [0.2, 0.25) is 0 Å². The first-order valence-electron chi connectivity index (χ1n) is 21.2. The van der Waals surface area contributed by atoms with Gasteiger partial charge in [-0.15, -0.1) is 11.3 Å². The molecule has 0 unspecified atom stereocenters. The van der Waals surface area contributed by atoms with E-state index in [1.807, 2.05) is 11.3 Å². The summed E-state index contributed by atoms with van der Waals surface area (Å²) in [5.41, 5.74) is 19.3. The summed E-state index contributed by atoms with van der Waals surface area (Å²) < 4.78 is 2.67. The number of benzene rings is 7. The van der Waals surface area contributed by atoms with Gasteiger partial charge in [-0.3, -0.25) is 0 Å². The molecule has 3 heterocycles. The molecule has 4 heteroatoms. The van der Waals surface area contributed by atoms with Gasteiger partial charge in [-0.25, -0.2) is 0 Å². The Bertz CT molecular complexity index is 2950. The molecule has 0 saturated carbocycles. The van der Waals surface area contributed by atoms with Gasteiger partial charge in [0, 0.05) is 54.3 Å². The molecule has 0 bridgehead atoms. The molecule has 0 radical (unpaired) electrons. The third-order valence-corrected chi connectivity index (χ3v) is 13.9. The molecule has 2 nitrogen and oxygen atoms in total. The maximum absolute atomic E-state index is 2.56. The Labute approximate surface area is 355 Å². The van der Waals surface area contributed by atoms with Gasteiger partial charge < -0.3 is 9.80 Å². The third-order valence-electron chi connectivity index (χ3n) is 12.8. The predicted molar refractivity (Wildman–Crippen MR) is 260 cm³/mol. The highest BCUT2D eigenvalue weighted by atomic mass is 32.1. The highest BCUT2D eigenvalue weighted by Crippen LogP contribution is 2.46. The van der Waals surface area contributed by atoms with Crippen LogP contribution in [0.1, 0.15) is 84.6 Å². The highest BCUT2D eigenvalue weighted by Gasteiger charge is 2.44. The van der Waals surface area contributed by atoms with Crippen LogP contribution < -0.4 is 26.2 Å². The number of thiophene rings is 1. The van der Waals surface area contributed by atoms with E-state index in [0.717, 1.165) is 0 Å². The molecular formula is C55H53BN2S. The SMILES string of the molecule is Cc1cc2c3c(c1)N(c1ccc(C(C)(C)C)cc1)c1cc(C(C)(C)C)ccc1B3c1cc(C(C)(C)C)ccc1N2c1ccc(-c2ccc3sc4ccccc4c3c2)cc1. The Morgan fingerprint density at radius 3 is 1.63 bits per heavy atom. The minimum absolute atomic E-state index is 0.00119. The average Bonchev–Trinajstić information content (AvgIpc) is 3.57. The number of hydrogen-bond donors (Lipinski definition) is 0. The van der Waals surface area contributed by atoms with Crippen molar-refractivity contribution < 1.29 is 0 Å². The summed E-state index contributed by atoms with van der Waals surface area (Å²) in [5, 5.41) is 2.66. The third kappa shape index (κ3) is 6.22. The number of fused-ring (bicyclic) bond motifs is 7. The molecule has 10 rings (SSSR count). The summed E-state index contributed by atoms with van der Waals surface area (Å²) in [6.45, 7) is 23.2. The van der Waals surface area contributed by atoms with Crippen LogP contribution in [0.4, 0.5) is 34.1 Å². The van der Waals surface area contributed by atoms with E-state index < -0.39 is 0 Å². The lowest BCUT2D eigenvalue weighted by atomic mass is 9.33. The van der Waals surface area contributed by atoms with Crippen molar-refractivity contribution in [3.63, 3.8) is 0 Å². The molecular weight excluding hydrogens is 731 g/mol. The van der Waals surface area contributed by atoms with Gasteiger partial charge in [-0.2, -0.15) is 0 Å². The van der Waals surface area contributed by atoms with Crippen LogP contribution in [0.3, 0.4) is 0 Å². The summed E-state index contributed by atoms with van der Waals surface area (Å²) >= 11 is 1.87. The molecule has 0 saturated heterocycles. The second-order valence-corrected chi connectivity index (χ2v) is 21.1. The van der Waals surface area contributed by atoms with Gasteiger partial charge >= 0.3 is 0 Å². The second kappa shape index (κ2) is 13.2. The standard InChI is InChI=1S/C55H53BN2S/c1-34-29-48-52-49(30-34)58(41-24-18-37(19-25-41)53(2,3)4)47-33-39(55(8,9)10)20-26-44(47)56(52)45-32-38(54(5,6)7)21-27-46(45)57(48)40-22-15-35(16-23-40)36-17-28-51-43(31-36)42-13-11-12-14-50(42)59-51/h11-33H,1-10H3. The molecule has 2 aliphatic heterocycles. The number of hydrogen-bond acceptors (Lipinski definition) is 3. The molecule has 0 atom stereocenters. The molecule has 7 aromatic carbocycles. The predicted octanol–water partition coefficient (Wildman–Crippen LogP) is 14.0. The van der Waals surface area contributed by atoms with Crippen LogP contribution in [0.5, 0.6) is 0 Å². The lowest BCUT2D eigenvalue weighted by molar-refractivity contribution is 0.590. The van der Waals surface area contributed by atoms with Crippen molar-refractivity contribution in [3.05, 3.63) is 162 Å². The largest absolute Gasteiger partial charge is 0.311 e. The first-order chi connectivity index (χ1) is 28.0. The van der Waals surface area contributed by atoms with Crippen molar-refractivity contribution in [1.82, 2.24) is 0 Å². The minimum atomic E-state index is 0.00119. The Hall–Kier alpha value is -5.58. The van der Waals surface area contributed by atoms with E-state index in [1.165, 1.54) is 104 Å². The van der Waals surface area contributed by atoms with Crippen molar-refractivity contribution in [2.24, 2.45) is 0 Å². The van der Waals surface area contributed by atoms with Crippen molar-refractivity contribution in [2.45, 2.75) is 85.5 Å². The smallest absolute Gasteiger partial charge is 0.252 e. The van der Waals surface area contributed by atoms with E-state index in [9.17, 15) is 0 Å². The van der Waals surface area contributed by atoms with Crippen molar-refractivity contribution in [1.29, 1.82) is 0 Å². The Balaban J connectivity index is 1.19. The zero-order valence-electron chi connectivity index (χ0n) is 36.2. The average molecular weight is 785 g/mol. The van der Waals surface area contributed by atoms with Crippen LogP contribution in [0.2, 0.25) is 0 Å². The van der Waals surface area contributed by atoms with Crippen LogP contribution in [-0.2, 0) is 16.2 Å². The first-order valence-corrected chi connectivity index (χ1v) is 22.0. The molecule has 2 aliphatic rings. The van der Waals surface area contributed by atoms with Gasteiger partial charge in [0.15, 0.2) is 0 Å². The first kappa shape index (κ1) is 37.7. The van der Waals surface area contributed by atoms with Gasteiger partial charge in [0.1, 0.15) is 0 Å². The zero-order chi connectivity index (χ0) is 41.2. The van der Waals surface area contributed by atoms with Gasteiger partial charge in [-0.1, -0.05) is 135 Å². The van der Waals surface area contributed by atoms with Crippen molar-refractivity contribution in [3.8, 4) is 11.1 Å². The Morgan fingerprint density at radius 1 is 0.424 bits per heavy atom. The summed E-state index contributed by atoms with van der Waals surface area (Å²) in [4.78, 5) is 5.10. The topological polar surface area (TPSA) is 6.48 Å². The summed E-state index contributed by atoms with van der Waals surface area (Å²) in [6, 6.07) is 53.8. The number of anilines is 6. The summed E-state index contributed by atoms with van der Waals surface area (Å²) in [5.74, 6) is 0. The Kier molecular flexibility index (Phi) is 8.44. The molecule has 59 heavy (non-hydrogen) atoms. The van der Waals surface area contributed by atoms with E-state index in [4.69, 9.17) is 0 Å². The fourth-order valence-electron chi connectivity index (χ4n) is 9.44. The number of nitrogens with zero attached hydrogens (tertiary/aromatic N) is 2. The van der Waals surface area contributed by atoms with E-state index in [-0.39, 0.29) is 23.0 Å². The highest BCUT2D eigenvalue weighted by molar-refractivity contribution is 7.25. The van der Waals surface area contributed by atoms with Crippen molar-refractivity contribution >= 4 is 88.7 Å². The minimum Gasteiger partial charge on any atom is -0.311 e. The molecule has 0 spiro atoms. The molecule has 0 amide bonds. The fraction of sp³-hybridized carbons (Fsp3) is 0.236. The van der Waals surface area contributed by atoms with Crippen LogP contribution in [0.25, 0.3) is 31.3 Å².